The molecule has 4 aliphatic rings. The van der Waals surface area contributed by atoms with E-state index in [0.717, 1.165) is 25.7 Å². The molecule has 1 aromatic rings. The van der Waals surface area contributed by atoms with Gasteiger partial charge in [0.1, 0.15) is 17.7 Å². The molecule has 0 aromatic heterocycles. The van der Waals surface area contributed by atoms with Crippen LogP contribution in [0.2, 0.25) is 0 Å². The predicted octanol–water partition coefficient (Wildman–Crippen LogP) is 4.61. The number of ether oxygens (including phenoxy) is 1. The lowest BCUT2D eigenvalue weighted by atomic mass is 9.43. The smallest absolute Gasteiger partial charge is 0.338 e. The largest absolute Gasteiger partial charge is 0.458 e. The Balaban J connectivity index is 1.53. The van der Waals surface area contributed by atoms with E-state index in [1.807, 2.05) is 18.2 Å². The Morgan fingerprint density at radius 2 is 1.76 bits per heavy atom. The van der Waals surface area contributed by atoms with Gasteiger partial charge < -0.3 is 9.84 Å². The second-order valence-corrected chi connectivity index (χ2v) is 11.6. The van der Waals surface area contributed by atoms with Crippen LogP contribution in [0.25, 0.3) is 0 Å². The number of esters is 1. The molecule has 33 heavy (non-hydrogen) atoms. The summed E-state index contributed by atoms with van der Waals surface area (Å²) in [6, 6.07) is 9.08. The molecule has 0 spiro atoms. The number of hydrogen-bond acceptors (Lipinski definition) is 5. The number of Topliss-reactive ketones (excluding diaryl/α,β-unsaturated/α-hetero) is 2. The van der Waals surface area contributed by atoms with Crippen molar-refractivity contribution in [3.8, 4) is 0 Å². The van der Waals surface area contributed by atoms with Crippen molar-refractivity contribution in [1.82, 2.24) is 0 Å². The molecule has 0 amide bonds. The standard InChI is InChI=1S/C28H36O5/c1-16(29)20-9-10-21-25-22(11-12-27(20,21)2)28(3)18(13-19(30)15-24(28)31)14-23(25)33-26(32)17-7-5-4-6-8-17/h4-8,18,20-25,31H,9-15H2,1-3H3/t18?,20-,21+,22+,23?,24?,25+,27-,28+/m1/s1. The van der Waals surface area contributed by atoms with Gasteiger partial charge in [0.25, 0.3) is 0 Å². The van der Waals surface area contributed by atoms with Crippen molar-refractivity contribution in [3.63, 3.8) is 0 Å². The number of aliphatic hydroxyl groups excluding tert-OH is 1. The molecule has 5 rings (SSSR count). The molecule has 0 aliphatic heterocycles. The van der Waals surface area contributed by atoms with E-state index < -0.39 is 6.10 Å². The molecule has 0 bridgehead atoms. The zero-order valence-electron chi connectivity index (χ0n) is 20.0. The Morgan fingerprint density at radius 1 is 1.03 bits per heavy atom. The van der Waals surface area contributed by atoms with Gasteiger partial charge in [-0.2, -0.15) is 0 Å². The molecule has 0 radical (unpaired) electrons. The van der Waals surface area contributed by atoms with Crippen LogP contribution in [0, 0.1) is 40.4 Å². The SMILES string of the molecule is CC(=O)[C@H]1CC[C@H]2[C@@H]3C(OC(=O)c4ccccc4)CC4CC(=O)CC(O)[C@]4(C)[C@H]3CC[C@]12C. The van der Waals surface area contributed by atoms with Gasteiger partial charge in [-0.05, 0) is 74.3 Å². The Labute approximate surface area is 196 Å². The number of benzene rings is 1. The fourth-order valence-corrected chi connectivity index (χ4v) is 8.62. The van der Waals surface area contributed by atoms with Gasteiger partial charge in [0.05, 0.1) is 11.7 Å². The number of carbonyl (C=O) groups excluding carboxylic acids is 3. The fraction of sp³-hybridized carbons (Fsp3) is 0.679. The van der Waals surface area contributed by atoms with Crippen LogP contribution in [0.3, 0.4) is 0 Å². The quantitative estimate of drug-likeness (QED) is 0.678. The molecule has 5 heteroatoms. The third-order valence-electron chi connectivity index (χ3n) is 10.3. The average Bonchev–Trinajstić information content (AvgIpc) is 3.13. The Morgan fingerprint density at radius 3 is 2.45 bits per heavy atom. The summed E-state index contributed by atoms with van der Waals surface area (Å²) in [5.41, 5.74) is 0.0844. The van der Waals surface area contributed by atoms with Crippen molar-refractivity contribution in [2.75, 3.05) is 0 Å². The molecule has 4 aliphatic carbocycles. The van der Waals surface area contributed by atoms with Gasteiger partial charge in [-0.25, -0.2) is 4.79 Å². The van der Waals surface area contributed by atoms with Gasteiger partial charge in [0.2, 0.25) is 0 Å². The van der Waals surface area contributed by atoms with E-state index in [0.29, 0.717) is 18.4 Å². The van der Waals surface area contributed by atoms with E-state index in [4.69, 9.17) is 4.74 Å². The minimum Gasteiger partial charge on any atom is -0.458 e. The summed E-state index contributed by atoms with van der Waals surface area (Å²) in [6.45, 7) is 6.14. The van der Waals surface area contributed by atoms with Crippen LogP contribution >= 0.6 is 0 Å². The molecule has 1 aromatic carbocycles. The zero-order chi connectivity index (χ0) is 23.5. The van der Waals surface area contributed by atoms with Crippen molar-refractivity contribution in [2.45, 2.75) is 77.9 Å². The maximum Gasteiger partial charge on any atom is 0.338 e. The number of rotatable bonds is 3. The first-order chi connectivity index (χ1) is 15.7. The van der Waals surface area contributed by atoms with Crippen LogP contribution in [0.15, 0.2) is 30.3 Å². The third kappa shape index (κ3) is 3.41. The lowest BCUT2D eigenvalue weighted by molar-refractivity contribution is -0.199. The summed E-state index contributed by atoms with van der Waals surface area (Å²) < 4.78 is 6.24. The molecular formula is C28H36O5. The molecule has 1 N–H and O–H groups in total. The van der Waals surface area contributed by atoms with E-state index in [2.05, 4.69) is 13.8 Å². The Kier molecular flexibility index (Phi) is 5.55. The van der Waals surface area contributed by atoms with Crippen LogP contribution in [-0.4, -0.2) is 34.9 Å². The van der Waals surface area contributed by atoms with Crippen LogP contribution in [-0.2, 0) is 14.3 Å². The lowest BCUT2D eigenvalue weighted by Gasteiger charge is -2.62. The molecule has 4 saturated carbocycles. The van der Waals surface area contributed by atoms with Crippen LogP contribution in [0.5, 0.6) is 0 Å². The number of hydrogen-bond donors (Lipinski definition) is 1. The maximum atomic E-state index is 13.1. The molecule has 0 saturated heterocycles. The highest BCUT2D eigenvalue weighted by atomic mass is 16.5. The van der Waals surface area contributed by atoms with Gasteiger partial charge in [0.15, 0.2) is 0 Å². The van der Waals surface area contributed by atoms with Crippen LogP contribution in [0.1, 0.15) is 76.1 Å². The average molecular weight is 453 g/mol. The number of carbonyl (C=O) groups is 3. The molecule has 3 unspecified atom stereocenters. The number of fused-ring (bicyclic) bond motifs is 5. The zero-order valence-corrected chi connectivity index (χ0v) is 20.0. The summed E-state index contributed by atoms with van der Waals surface area (Å²) >= 11 is 0. The van der Waals surface area contributed by atoms with Crippen molar-refractivity contribution in [1.29, 1.82) is 0 Å². The highest BCUT2D eigenvalue weighted by molar-refractivity contribution is 5.89. The summed E-state index contributed by atoms with van der Waals surface area (Å²) in [5, 5.41) is 11.2. The molecule has 4 fully saturated rings. The first-order valence-corrected chi connectivity index (χ1v) is 12.6. The minimum atomic E-state index is -0.656. The summed E-state index contributed by atoms with van der Waals surface area (Å²) in [4.78, 5) is 38.1. The summed E-state index contributed by atoms with van der Waals surface area (Å²) in [6.07, 6.45) is 4.03. The van der Waals surface area contributed by atoms with Crippen LogP contribution < -0.4 is 0 Å². The predicted molar refractivity (Wildman–Crippen MR) is 123 cm³/mol. The molecule has 178 valence electrons. The number of aliphatic hydroxyl groups is 1. The second-order valence-electron chi connectivity index (χ2n) is 11.6. The minimum absolute atomic E-state index is 0.0120. The highest BCUT2D eigenvalue weighted by Gasteiger charge is 2.65. The summed E-state index contributed by atoms with van der Waals surface area (Å²) in [5.74, 6) is 0.673. The molecule has 0 heterocycles. The van der Waals surface area contributed by atoms with Gasteiger partial charge >= 0.3 is 5.97 Å². The number of ketones is 2. The lowest BCUT2D eigenvalue weighted by Crippen LogP contribution is -2.63. The maximum absolute atomic E-state index is 13.1. The van der Waals surface area contributed by atoms with Gasteiger partial charge in [-0.15, -0.1) is 0 Å². The van der Waals surface area contributed by atoms with Crippen molar-refractivity contribution in [2.24, 2.45) is 40.4 Å². The first-order valence-electron chi connectivity index (χ1n) is 12.6. The van der Waals surface area contributed by atoms with E-state index in [9.17, 15) is 19.5 Å². The molecule has 5 nitrogen and oxygen atoms in total. The third-order valence-corrected chi connectivity index (χ3v) is 10.3. The fourth-order valence-electron chi connectivity index (χ4n) is 8.62. The van der Waals surface area contributed by atoms with Gasteiger partial charge in [-0.1, -0.05) is 32.0 Å². The van der Waals surface area contributed by atoms with E-state index in [-0.39, 0.29) is 70.5 Å². The van der Waals surface area contributed by atoms with Crippen LogP contribution in [0.4, 0.5) is 0 Å². The van der Waals surface area contributed by atoms with Crippen molar-refractivity contribution in [3.05, 3.63) is 35.9 Å². The first kappa shape index (κ1) is 22.8. The van der Waals surface area contributed by atoms with Gasteiger partial charge in [0, 0.05) is 30.1 Å². The normalized spacial score (nSPS) is 44.4. The monoisotopic (exact) mass is 452 g/mol. The van der Waals surface area contributed by atoms with Gasteiger partial charge in [-0.3, -0.25) is 9.59 Å². The van der Waals surface area contributed by atoms with Crippen molar-refractivity contribution < 1.29 is 24.2 Å². The topological polar surface area (TPSA) is 80.7 Å². The van der Waals surface area contributed by atoms with Crippen molar-refractivity contribution >= 4 is 17.5 Å². The Bertz CT molecular complexity index is 956. The molecular weight excluding hydrogens is 416 g/mol. The van der Waals surface area contributed by atoms with E-state index in [1.165, 1.54) is 0 Å². The summed E-state index contributed by atoms with van der Waals surface area (Å²) in [7, 11) is 0. The Hall–Kier alpha value is -2.01. The van der Waals surface area contributed by atoms with E-state index in [1.54, 1.807) is 19.1 Å². The molecule has 9 atom stereocenters. The second kappa shape index (κ2) is 8.04. The highest BCUT2D eigenvalue weighted by Crippen LogP contribution is 2.67. The van der Waals surface area contributed by atoms with E-state index >= 15 is 0 Å².